The first kappa shape index (κ1) is 12.3. The van der Waals surface area contributed by atoms with Gasteiger partial charge < -0.3 is 23.7 Å². The van der Waals surface area contributed by atoms with E-state index in [-0.39, 0.29) is 30.5 Å². The molecule has 0 aliphatic carbocycles. The minimum atomic E-state index is -0.141. The number of hydrogen-bond acceptors (Lipinski definition) is 5. The van der Waals surface area contributed by atoms with Crippen LogP contribution in [0.25, 0.3) is 0 Å². The fourth-order valence-electron chi connectivity index (χ4n) is 2.37. The standard InChI is InChI=1S/C11H20O5/c1-7-9(13-3)10(14-5-4-12-2)8-6-15-11(7)16-8/h7-11H,4-6H2,1-3H3/t7-,8-,9+,10+,11?/m1/s1. The zero-order valence-corrected chi connectivity index (χ0v) is 10.0. The van der Waals surface area contributed by atoms with E-state index in [9.17, 15) is 0 Å². The van der Waals surface area contributed by atoms with Gasteiger partial charge in [0.05, 0.1) is 25.9 Å². The Morgan fingerprint density at radius 2 is 2.00 bits per heavy atom. The van der Waals surface area contributed by atoms with Gasteiger partial charge in [0.2, 0.25) is 0 Å². The van der Waals surface area contributed by atoms with Crippen LogP contribution in [0.15, 0.2) is 0 Å². The first-order chi connectivity index (χ1) is 7.77. The Morgan fingerprint density at radius 1 is 1.19 bits per heavy atom. The number of fused-ring (bicyclic) bond motifs is 2. The number of ether oxygens (including phenoxy) is 5. The second kappa shape index (κ2) is 5.42. The zero-order valence-electron chi connectivity index (χ0n) is 10.0. The minimum Gasteiger partial charge on any atom is -0.382 e. The lowest BCUT2D eigenvalue weighted by Gasteiger charge is -2.38. The second-order valence-corrected chi connectivity index (χ2v) is 4.26. The van der Waals surface area contributed by atoms with Crippen LogP contribution in [-0.2, 0) is 23.7 Å². The van der Waals surface area contributed by atoms with E-state index in [1.807, 2.05) is 0 Å². The van der Waals surface area contributed by atoms with Gasteiger partial charge in [-0.2, -0.15) is 0 Å². The highest BCUT2D eigenvalue weighted by molar-refractivity contribution is 4.93. The van der Waals surface area contributed by atoms with Crippen molar-refractivity contribution in [2.75, 3.05) is 34.0 Å². The maximum Gasteiger partial charge on any atom is 0.163 e. The maximum absolute atomic E-state index is 5.77. The van der Waals surface area contributed by atoms with Crippen LogP contribution in [0, 0.1) is 5.92 Å². The van der Waals surface area contributed by atoms with Crippen molar-refractivity contribution >= 4 is 0 Å². The molecule has 0 amide bonds. The van der Waals surface area contributed by atoms with Gasteiger partial charge in [-0.3, -0.25) is 0 Å². The molecule has 2 aliphatic rings. The van der Waals surface area contributed by atoms with Crippen molar-refractivity contribution in [2.24, 2.45) is 5.92 Å². The van der Waals surface area contributed by atoms with Crippen molar-refractivity contribution in [3.05, 3.63) is 0 Å². The first-order valence-electron chi connectivity index (χ1n) is 5.68. The summed E-state index contributed by atoms with van der Waals surface area (Å²) in [5, 5.41) is 0. The van der Waals surface area contributed by atoms with Gasteiger partial charge in [-0.25, -0.2) is 0 Å². The van der Waals surface area contributed by atoms with Crippen molar-refractivity contribution in [1.82, 2.24) is 0 Å². The van der Waals surface area contributed by atoms with Crippen LogP contribution in [0.2, 0.25) is 0 Å². The van der Waals surface area contributed by atoms with Crippen molar-refractivity contribution < 1.29 is 23.7 Å². The first-order valence-corrected chi connectivity index (χ1v) is 5.68. The van der Waals surface area contributed by atoms with Crippen molar-refractivity contribution in [3.8, 4) is 0 Å². The Bertz CT molecular complexity index is 222. The lowest BCUT2D eigenvalue weighted by molar-refractivity contribution is -0.220. The van der Waals surface area contributed by atoms with E-state index in [2.05, 4.69) is 6.92 Å². The molecule has 2 heterocycles. The minimum absolute atomic E-state index is 0.0111. The summed E-state index contributed by atoms with van der Waals surface area (Å²) in [5.41, 5.74) is 0. The molecule has 94 valence electrons. The molecule has 2 rings (SSSR count). The molecule has 5 atom stereocenters. The van der Waals surface area contributed by atoms with Gasteiger partial charge in [-0.05, 0) is 0 Å². The molecule has 5 nitrogen and oxygen atoms in total. The molecule has 2 bridgehead atoms. The van der Waals surface area contributed by atoms with Crippen LogP contribution in [0.3, 0.4) is 0 Å². The van der Waals surface area contributed by atoms with Crippen molar-refractivity contribution in [1.29, 1.82) is 0 Å². The summed E-state index contributed by atoms with van der Waals surface area (Å²) in [5.74, 6) is 0.191. The Balaban J connectivity index is 1.96. The average molecular weight is 232 g/mol. The molecule has 2 saturated heterocycles. The third-order valence-corrected chi connectivity index (χ3v) is 3.24. The van der Waals surface area contributed by atoms with E-state index in [0.717, 1.165) is 0 Å². The number of rotatable bonds is 5. The van der Waals surface area contributed by atoms with E-state index >= 15 is 0 Å². The zero-order chi connectivity index (χ0) is 11.5. The highest BCUT2D eigenvalue weighted by Gasteiger charge is 2.49. The summed E-state index contributed by atoms with van der Waals surface area (Å²) >= 11 is 0. The normalized spacial score (nSPS) is 42.6. The Labute approximate surface area is 95.9 Å². The van der Waals surface area contributed by atoms with Crippen molar-refractivity contribution in [2.45, 2.75) is 31.5 Å². The molecule has 0 radical (unpaired) electrons. The molecule has 0 N–H and O–H groups in total. The van der Waals surface area contributed by atoms with Gasteiger partial charge in [-0.1, -0.05) is 6.92 Å². The van der Waals surface area contributed by atoms with E-state index < -0.39 is 0 Å². The van der Waals surface area contributed by atoms with Gasteiger partial charge in [0, 0.05) is 20.1 Å². The van der Waals surface area contributed by atoms with Crippen LogP contribution in [0.4, 0.5) is 0 Å². The monoisotopic (exact) mass is 232 g/mol. The maximum atomic E-state index is 5.77. The second-order valence-electron chi connectivity index (χ2n) is 4.26. The van der Waals surface area contributed by atoms with Gasteiger partial charge in [0.25, 0.3) is 0 Å². The molecular weight excluding hydrogens is 212 g/mol. The highest BCUT2D eigenvalue weighted by Crippen LogP contribution is 2.35. The van der Waals surface area contributed by atoms with Crippen LogP contribution in [0.1, 0.15) is 6.92 Å². The van der Waals surface area contributed by atoms with Gasteiger partial charge in [0.15, 0.2) is 6.29 Å². The molecule has 2 fully saturated rings. The Kier molecular flexibility index (Phi) is 4.16. The highest BCUT2D eigenvalue weighted by atomic mass is 16.7. The molecule has 0 aromatic carbocycles. The molecule has 0 spiro atoms. The molecule has 2 aliphatic heterocycles. The van der Waals surface area contributed by atoms with E-state index in [1.54, 1.807) is 14.2 Å². The Morgan fingerprint density at radius 3 is 2.69 bits per heavy atom. The van der Waals surface area contributed by atoms with Crippen molar-refractivity contribution in [3.63, 3.8) is 0 Å². The molecular formula is C11H20O5. The summed E-state index contributed by atoms with van der Waals surface area (Å²) < 4.78 is 27.5. The molecule has 0 aromatic rings. The summed E-state index contributed by atoms with van der Waals surface area (Å²) in [4.78, 5) is 0. The van der Waals surface area contributed by atoms with E-state index in [1.165, 1.54) is 0 Å². The molecule has 0 saturated carbocycles. The van der Waals surface area contributed by atoms with E-state index in [0.29, 0.717) is 19.8 Å². The Hall–Kier alpha value is -0.200. The molecule has 0 aromatic heterocycles. The van der Waals surface area contributed by atoms with Gasteiger partial charge >= 0.3 is 0 Å². The van der Waals surface area contributed by atoms with Crippen LogP contribution >= 0.6 is 0 Å². The van der Waals surface area contributed by atoms with E-state index in [4.69, 9.17) is 23.7 Å². The smallest absolute Gasteiger partial charge is 0.163 e. The summed E-state index contributed by atoms with van der Waals surface area (Å²) in [6.07, 6.45) is -0.183. The SMILES string of the molecule is COCCO[C@@H]1[C@@H](OC)[C@@H](C)C2OC[C@H]1O2. The fourth-order valence-corrected chi connectivity index (χ4v) is 2.37. The predicted molar refractivity (Wildman–Crippen MR) is 56.2 cm³/mol. The average Bonchev–Trinajstić information content (AvgIpc) is 2.72. The number of methoxy groups -OCH3 is 2. The molecule has 1 unspecified atom stereocenters. The topological polar surface area (TPSA) is 46.2 Å². The van der Waals surface area contributed by atoms with Gasteiger partial charge in [0.1, 0.15) is 12.2 Å². The summed E-state index contributed by atoms with van der Waals surface area (Å²) in [6.45, 7) is 3.79. The molecule has 16 heavy (non-hydrogen) atoms. The lowest BCUT2D eigenvalue weighted by atomic mass is 9.94. The molecule has 5 heteroatoms. The van der Waals surface area contributed by atoms with Gasteiger partial charge in [-0.15, -0.1) is 0 Å². The largest absolute Gasteiger partial charge is 0.382 e. The fraction of sp³-hybridized carbons (Fsp3) is 1.00. The van der Waals surface area contributed by atoms with Crippen LogP contribution in [0.5, 0.6) is 0 Å². The number of hydrogen-bond donors (Lipinski definition) is 0. The quantitative estimate of drug-likeness (QED) is 0.643. The van der Waals surface area contributed by atoms with Crippen LogP contribution in [-0.4, -0.2) is 58.6 Å². The van der Waals surface area contributed by atoms with Crippen LogP contribution < -0.4 is 0 Å². The third-order valence-electron chi connectivity index (χ3n) is 3.24. The lowest BCUT2D eigenvalue weighted by Crippen LogP contribution is -2.52. The third kappa shape index (κ3) is 2.24. The summed E-state index contributed by atoms with van der Waals surface area (Å²) in [6, 6.07) is 0. The summed E-state index contributed by atoms with van der Waals surface area (Å²) in [7, 11) is 3.37. The predicted octanol–water partition coefficient (Wildman–Crippen LogP) is 0.424.